The van der Waals surface area contributed by atoms with Crippen molar-refractivity contribution in [2.45, 2.75) is 12.8 Å². The number of carboxylic acid groups (broad SMARTS) is 1. The van der Waals surface area contributed by atoms with Crippen LogP contribution in [0.3, 0.4) is 0 Å². The first-order chi connectivity index (χ1) is 9.15. The van der Waals surface area contributed by atoms with E-state index in [0.717, 1.165) is 5.56 Å². The second-order valence-electron chi connectivity index (χ2n) is 3.88. The van der Waals surface area contributed by atoms with Crippen LogP contribution in [0, 0.1) is 0 Å². The predicted molar refractivity (Wildman–Crippen MR) is 66.7 cm³/mol. The maximum absolute atomic E-state index is 11.6. The van der Waals surface area contributed by atoms with Gasteiger partial charge in [0.25, 0.3) is 0 Å². The number of carboxylic acids is 1. The Morgan fingerprint density at radius 2 is 2.05 bits per heavy atom. The van der Waals surface area contributed by atoms with E-state index < -0.39 is 5.97 Å². The van der Waals surface area contributed by atoms with E-state index in [2.05, 4.69) is 20.5 Å². The summed E-state index contributed by atoms with van der Waals surface area (Å²) in [5.41, 5.74) is 0.947. The molecule has 0 saturated carbocycles. The number of aromatic carboxylic acids is 1. The average Bonchev–Trinajstić information content (AvgIpc) is 2.86. The summed E-state index contributed by atoms with van der Waals surface area (Å²) in [5.74, 6) is -1.14. The highest BCUT2D eigenvalue weighted by atomic mass is 16.4. The van der Waals surface area contributed by atoms with E-state index in [-0.39, 0.29) is 17.4 Å². The third-order valence-corrected chi connectivity index (χ3v) is 2.47. The number of aromatic amines is 1. The molecule has 7 nitrogen and oxygen atoms in total. The average molecular weight is 260 g/mol. The molecule has 0 spiro atoms. The van der Waals surface area contributed by atoms with Gasteiger partial charge in [0.1, 0.15) is 5.69 Å². The summed E-state index contributed by atoms with van der Waals surface area (Å²) in [6.07, 6.45) is 4.21. The van der Waals surface area contributed by atoms with Gasteiger partial charge in [-0.25, -0.2) is 4.79 Å². The summed E-state index contributed by atoms with van der Waals surface area (Å²) in [6.45, 7) is 0. The SMILES string of the molecule is O=C(CCc1ccncc1)Nc1cc(C(=O)O)[nH]n1. The van der Waals surface area contributed by atoms with Crippen LogP contribution in [0.15, 0.2) is 30.6 Å². The Bertz CT molecular complexity index is 580. The van der Waals surface area contributed by atoms with Crippen LogP contribution < -0.4 is 5.32 Å². The molecule has 7 heteroatoms. The van der Waals surface area contributed by atoms with Crippen LogP contribution in [0.25, 0.3) is 0 Å². The van der Waals surface area contributed by atoms with Crippen molar-refractivity contribution in [3.63, 3.8) is 0 Å². The van der Waals surface area contributed by atoms with Gasteiger partial charge in [0, 0.05) is 24.9 Å². The molecule has 0 unspecified atom stereocenters. The van der Waals surface area contributed by atoms with E-state index in [4.69, 9.17) is 5.11 Å². The summed E-state index contributed by atoms with van der Waals surface area (Å²) in [7, 11) is 0. The highest BCUT2D eigenvalue weighted by Gasteiger charge is 2.10. The van der Waals surface area contributed by atoms with Crippen molar-refractivity contribution in [2.24, 2.45) is 0 Å². The number of rotatable bonds is 5. The van der Waals surface area contributed by atoms with Gasteiger partial charge in [0.05, 0.1) is 0 Å². The zero-order valence-electron chi connectivity index (χ0n) is 9.96. The molecule has 19 heavy (non-hydrogen) atoms. The third kappa shape index (κ3) is 3.63. The standard InChI is InChI=1S/C12H12N4O3/c17-11(2-1-8-3-5-13-6-4-8)14-10-7-9(12(18)19)15-16-10/h3-7H,1-2H2,(H,18,19)(H2,14,15,16,17). The van der Waals surface area contributed by atoms with Crippen LogP contribution in [-0.4, -0.2) is 32.2 Å². The molecule has 0 aliphatic rings. The molecule has 2 aromatic heterocycles. The van der Waals surface area contributed by atoms with Crippen molar-refractivity contribution in [1.82, 2.24) is 15.2 Å². The van der Waals surface area contributed by atoms with Gasteiger partial charge < -0.3 is 10.4 Å². The lowest BCUT2D eigenvalue weighted by Crippen LogP contribution is -2.12. The quantitative estimate of drug-likeness (QED) is 0.745. The minimum absolute atomic E-state index is 0.0653. The summed E-state index contributed by atoms with van der Waals surface area (Å²) >= 11 is 0. The van der Waals surface area contributed by atoms with Gasteiger partial charge >= 0.3 is 5.97 Å². The van der Waals surface area contributed by atoms with Crippen LogP contribution in [0.4, 0.5) is 5.82 Å². The Balaban J connectivity index is 1.85. The van der Waals surface area contributed by atoms with Gasteiger partial charge in [-0.2, -0.15) is 5.10 Å². The van der Waals surface area contributed by atoms with E-state index in [9.17, 15) is 9.59 Å². The Labute approximate surface area is 108 Å². The second-order valence-corrected chi connectivity index (χ2v) is 3.88. The summed E-state index contributed by atoms with van der Waals surface area (Å²) < 4.78 is 0. The molecule has 3 N–H and O–H groups in total. The molecule has 0 radical (unpaired) electrons. The number of amides is 1. The second kappa shape index (κ2) is 5.76. The number of H-pyrrole nitrogens is 1. The number of carbonyl (C=O) groups excluding carboxylic acids is 1. The molecular formula is C12H12N4O3. The van der Waals surface area contributed by atoms with Crippen molar-refractivity contribution in [1.29, 1.82) is 0 Å². The summed E-state index contributed by atoms with van der Waals surface area (Å²) in [5, 5.41) is 17.2. The number of hydrogen-bond acceptors (Lipinski definition) is 4. The van der Waals surface area contributed by atoms with Gasteiger partial charge in [-0.05, 0) is 24.1 Å². The Hall–Kier alpha value is -2.70. The minimum atomic E-state index is -1.12. The molecule has 2 heterocycles. The molecule has 0 aliphatic heterocycles. The van der Waals surface area contributed by atoms with Crippen molar-refractivity contribution in [3.05, 3.63) is 41.9 Å². The summed E-state index contributed by atoms with van der Waals surface area (Å²) in [6, 6.07) is 4.95. The van der Waals surface area contributed by atoms with E-state index >= 15 is 0 Å². The van der Waals surface area contributed by atoms with E-state index in [0.29, 0.717) is 12.8 Å². The van der Waals surface area contributed by atoms with Gasteiger partial charge in [0.15, 0.2) is 5.82 Å². The number of hydrogen-bond donors (Lipinski definition) is 3. The smallest absolute Gasteiger partial charge is 0.353 e. The Kier molecular flexibility index (Phi) is 3.87. The van der Waals surface area contributed by atoms with Gasteiger partial charge in [-0.15, -0.1) is 0 Å². The maximum Gasteiger partial charge on any atom is 0.353 e. The molecule has 2 aromatic rings. The van der Waals surface area contributed by atoms with Crippen LogP contribution >= 0.6 is 0 Å². The summed E-state index contributed by atoms with van der Waals surface area (Å²) in [4.78, 5) is 26.1. The number of carbonyl (C=O) groups is 2. The highest BCUT2D eigenvalue weighted by molar-refractivity contribution is 5.92. The highest BCUT2D eigenvalue weighted by Crippen LogP contribution is 2.07. The zero-order chi connectivity index (χ0) is 13.7. The fraction of sp³-hybridized carbons (Fsp3) is 0.167. The lowest BCUT2D eigenvalue weighted by molar-refractivity contribution is -0.116. The molecule has 0 aliphatic carbocycles. The van der Waals surface area contributed by atoms with E-state index in [1.165, 1.54) is 6.07 Å². The Morgan fingerprint density at radius 3 is 2.68 bits per heavy atom. The van der Waals surface area contributed by atoms with Gasteiger partial charge in [-0.3, -0.25) is 14.9 Å². The molecule has 0 aromatic carbocycles. The number of nitrogens with zero attached hydrogens (tertiary/aromatic N) is 2. The predicted octanol–water partition coefficient (Wildman–Crippen LogP) is 1.07. The molecule has 0 saturated heterocycles. The number of nitrogens with one attached hydrogen (secondary N) is 2. The molecular weight excluding hydrogens is 248 g/mol. The monoisotopic (exact) mass is 260 g/mol. The van der Waals surface area contributed by atoms with Crippen molar-refractivity contribution in [2.75, 3.05) is 5.32 Å². The lowest BCUT2D eigenvalue weighted by Gasteiger charge is -2.01. The number of aryl methyl sites for hydroxylation is 1. The van der Waals surface area contributed by atoms with Gasteiger partial charge in [-0.1, -0.05) is 0 Å². The zero-order valence-corrected chi connectivity index (χ0v) is 9.96. The number of anilines is 1. The number of aromatic nitrogens is 3. The van der Waals surface area contributed by atoms with Crippen molar-refractivity contribution < 1.29 is 14.7 Å². The maximum atomic E-state index is 11.6. The minimum Gasteiger partial charge on any atom is -0.477 e. The van der Waals surface area contributed by atoms with Crippen LogP contribution in [0.2, 0.25) is 0 Å². The largest absolute Gasteiger partial charge is 0.477 e. The lowest BCUT2D eigenvalue weighted by atomic mass is 10.1. The fourth-order valence-electron chi connectivity index (χ4n) is 1.51. The van der Waals surface area contributed by atoms with E-state index in [1.54, 1.807) is 12.4 Å². The molecule has 1 amide bonds. The number of pyridine rings is 1. The fourth-order valence-corrected chi connectivity index (χ4v) is 1.51. The van der Waals surface area contributed by atoms with Crippen molar-refractivity contribution in [3.8, 4) is 0 Å². The van der Waals surface area contributed by atoms with Crippen LogP contribution in [0.1, 0.15) is 22.5 Å². The first-order valence-electron chi connectivity index (χ1n) is 5.62. The molecule has 0 fully saturated rings. The molecule has 98 valence electrons. The third-order valence-electron chi connectivity index (χ3n) is 2.47. The Morgan fingerprint density at radius 1 is 1.32 bits per heavy atom. The first kappa shape index (κ1) is 12.7. The van der Waals surface area contributed by atoms with Crippen molar-refractivity contribution >= 4 is 17.7 Å². The topological polar surface area (TPSA) is 108 Å². The van der Waals surface area contributed by atoms with Gasteiger partial charge in [0.2, 0.25) is 5.91 Å². The van der Waals surface area contributed by atoms with E-state index in [1.807, 2.05) is 12.1 Å². The molecule has 2 rings (SSSR count). The van der Waals surface area contributed by atoms with Crippen LogP contribution in [-0.2, 0) is 11.2 Å². The molecule has 0 bridgehead atoms. The normalized spacial score (nSPS) is 10.1. The van der Waals surface area contributed by atoms with Crippen LogP contribution in [0.5, 0.6) is 0 Å². The molecule has 0 atom stereocenters. The first-order valence-corrected chi connectivity index (χ1v) is 5.62.